The first-order valence-corrected chi connectivity index (χ1v) is 14.0. The van der Waals surface area contributed by atoms with Gasteiger partial charge in [0.1, 0.15) is 0 Å². The minimum absolute atomic E-state index is 0.0207. The number of hydrogen-bond donors (Lipinski definition) is 4. The van der Waals surface area contributed by atoms with Crippen LogP contribution in [0.5, 0.6) is 0 Å². The van der Waals surface area contributed by atoms with E-state index < -0.39 is 5.60 Å². The van der Waals surface area contributed by atoms with Gasteiger partial charge in [0.05, 0.1) is 12.2 Å². The number of aliphatic hydroxyl groups excluding tert-OH is 1. The molecule has 1 atom stereocenters. The predicted octanol–water partition coefficient (Wildman–Crippen LogP) is 3.20. The van der Waals surface area contributed by atoms with Crippen LogP contribution in [-0.4, -0.2) is 90.7 Å². The standard InChI is InChI=1S/C27H44N4O3S/c1-21(2)15-22(23-17-27(34,19-28-18-23)20-31(3)12-13-32)16-25(33)26(29-11-8-14-35-4)30-24-9-6-5-7-10-24/h5-7,9-10,21,28,32,34H,8,11-20H2,1-4H3,(H,29,30)/b23-22+/t27-/m0/s1. The van der Waals surface area contributed by atoms with Gasteiger partial charge in [-0.1, -0.05) is 43.2 Å². The number of β-amino-alcohol motifs (C(OH)–C–C–N with tert-alkyl or cyclic N) is 1. The molecule has 196 valence electrons. The van der Waals surface area contributed by atoms with Crippen LogP contribution >= 0.6 is 11.8 Å². The van der Waals surface area contributed by atoms with E-state index in [0.717, 1.165) is 35.4 Å². The fourth-order valence-corrected chi connectivity index (χ4v) is 4.87. The number of piperidine rings is 1. The first kappa shape index (κ1) is 29.5. The molecule has 1 aromatic rings. The van der Waals surface area contributed by atoms with E-state index in [2.05, 4.69) is 35.7 Å². The Bertz CT molecular complexity index is 844. The zero-order valence-corrected chi connectivity index (χ0v) is 22.7. The number of Topliss-reactive ketones (excluding diaryl/α,β-unsaturated/α-hetero) is 1. The molecule has 1 fully saturated rings. The number of para-hydroxylation sites is 1. The summed E-state index contributed by atoms with van der Waals surface area (Å²) >= 11 is 1.78. The number of benzene rings is 1. The monoisotopic (exact) mass is 504 g/mol. The van der Waals surface area contributed by atoms with E-state index >= 15 is 0 Å². The van der Waals surface area contributed by atoms with Gasteiger partial charge in [0.15, 0.2) is 5.84 Å². The molecule has 1 aliphatic rings. The molecule has 1 heterocycles. The van der Waals surface area contributed by atoms with Crippen molar-refractivity contribution in [3.05, 3.63) is 41.5 Å². The van der Waals surface area contributed by atoms with Crippen LogP contribution in [0.25, 0.3) is 0 Å². The third-order valence-electron chi connectivity index (χ3n) is 5.99. The number of allylic oxidation sites excluding steroid dienone is 1. The Morgan fingerprint density at radius 1 is 1.31 bits per heavy atom. The number of likely N-dealkylation sites (N-methyl/N-ethyl adjacent to an activating group) is 1. The van der Waals surface area contributed by atoms with Crippen LogP contribution < -0.4 is 10.6 Å². The molecule has 1 aliphatic heterocycles. The maximum Gasteiger partial charge on any atom is 0.201 e. The second kappa shape index (κ2) is 15.4. The number of hydrogen-bond acceptors (Lipinski definition) is 7. The molecular formula is C27H44N4O3S. The highest BCUT2D eigenvalue weighted by Gasteiger charge is 2.34. The number of thioether (sulfide) groups is 1. The van der Waals surface area contributed by atoms with Crippen molar-refractivity contribution < 1.29 is 15.0 Å². The lowest BCUT2D eigenvalue weighted by molar-refractivity contribution is -0.112. The minimum Gasteiger partial charge on any atom is -0.395 e. The molecule has 1 saturated heterocycles. The molecule has 0 spiro atoms. The Hall–Kier alpha value is -1.71. The quantitative estimate of drug-likeness (QED) is 0.134. The third kappa shape index (κ3) is 10.8. The van der Waals surface area contributed by atoms with Gasteiger partial charge in [-0.2, -0.15) is 11.8 Å². The SMILES string of the molecule is CSCCCN=C(Nc1ccccc1)C(=O)C/C(CC(C)C)=C1/CNC[C@](O)(CN(C)CCO)C1. The van der Waals surface area contributed by atoms with Crippen molar-refractivity contribution in [3.8, 4) is 0 Å². The van der Waals surface area contributed by atoms with Gasteiger partial charge in [0.25, 0.3) is 0 Å². The number of ketones is 1. The Morgan fingerprint density at radius 3 is 2.71 bits per heavy atom. The molecular weight excluding hydrogens is 460 g/mol. The lowest BCUT2D eigenvalue weighted by Gasteiger charge is -2.38. The van der Waals surface area contributed by atoms with Crippen LogP contribution in [0.3, 0.4) is 0 Å². The van der Waals surface area contributed by atoms with Crippen molar-refractivity contribution in [3.63, 3.8) is 0 Å². The van der Waals surface area contributed by atoms with Gasteiger partial charge in [-0.3, -0.25) is 9.79 Å². The van der Waals surface area contributed by atoms with Crippen LogP contribution in [0.1, 0.15) is 39.5 Å². The summed E-state index contributed by atoms with van der Waals surface area (Å²) in [5, 5.41) is 27.1. The predicted molar refractivity (Wildman–Crippen MR) is 148 cm³/mol. The summed E-state index contributed by atoms with van der Waals surface area (Å²) in [5.74, 6) is 1.78. The van der Waals surface area contributed by atoms with E-state index in [4.69, 9.17) is 0 Å². The molecule has 0 radical (unpaired) electrons. The zero-order chi connectivity index (χ0) is 25.7. The second-order valence-corrected chi connectivity index (χ2v) is 10.9. The number of carbonyl (C=O) groups is 1. The number of anilines is 1. The maximum atomic E-state index is 13.5. The van der Waals surface area contributed by atoms with Crippen molar-refractivity contribution >= 4 is 29.1 Å². The number of amidine groups is 1. The molecule has 0 aliphatic carbocycles. The summed E-state index contributed by atoms with van der Waals surface area (Å²) in [6.07, 6.45) is 4.61. The Kier molecular flexibility index (Phi) is 13.0. The van der Waals surface area contributed by atoms with Crippen LogP contribution in [0.2, 0.25) is 0 Å². The first-order chi connectivity index (χ1) is 16.8. The zero-order valence-electron chi connectivity index (χ0n) is 21.8. The average molecular weight is 505 g/mol. The molecule has 0 saturated carbocycles. The molecule has 1 aromatic carbocycles. The molecule has 8 heteroatoms. The van der Waals surface area contributed by atoms with Crippen LogP contribution in [0.15, 0.2) is 46.5 Å². The smallest absolute Gasteiger partial charge is 0.201 e. The summed E-state index contributed by atoms with van der Waals surface area (Å²) in [6, 6.07) is 9.69. The highest BCUT2D eigenvalue weighted by atomic mass is 32.2. The van der Waals surface area contributed by atoms with Crippen LogP contribution in [0, 0.1) is 5.92 Å². The fraction of sp³-hybridized carbons (Fsp3) is 0.630. The molecule has 0 unspecified atom stereocenters. The van der Waals surface area contributed by atoms with Gasteiger partial charge in [0, 0.05) is 51.3 Å². The number of aliphatic hydroxyl groups is 2. The second-order valence-electron chi connectivity index (χ2n) is 9.94. The van der Waals surface area contributed by atoms with E-state index in [1.807, 2.05) is 42.3 Å². The van der Waals surface area contributed by atoms with Crippen molar-refractivity contribution in [1.82, 2.24) is 10.2 Å². The summed E-state index contributed by atoms with van der Waals surface area (Å²) in [6.45, 7) is 7.12. The van der Waals surface area contributed by atoms with E-state index in [1.54, 1.807) is 11.8 Å². The molecule has 0 bridgehead atoms. The van der Waals surface area contributed by atoms with Crippen molar-refractivity contribution in [1.29, 1.82) is 0 Å². The lowest BCUT2D eigenvalue weighted by atomic mass is 9.84. The molecule has 0 aromatic heterocycles. The minimum atomic E-state index is -0.931. The molecule has 2 rings (SSSR count). The van der Waals surface area contributed by atoms with Gasteiger partial charge >= 0.3 is 0 Å². The lowest BCUT2D eigenvalue weighted by Crippen LogP contribution is -2.53. The highest BCUT2D eigenvalue weighted by molar-refractivity contribution is 7.98. The maximum absolute atomic E-state index is 13.5. The van der Waals surface area contributed by atoms with Gasteiger partial charge in [-0.25, -0.2) is 0 Å². The van der Waals surface area contributed by atoms with Crippen molar-refractivity contribution in [2.24, 2.45) is 10.9 Å². The Balaban J connectivity index is 2.25. The molecule has 4 N–H and O–H groups in total. The van der Waals surface area contributed by atoms with Crippen molar-refractivity contribution in [2.45, 2.75) is 45.1 Å². The van der Waals surface area contributed by atoms with Crippen LogP contribution in [0.4, 0.5) is 5.69 Å². The van der Waals surface area contributed by atoms with Gasteiger partial charge in [0.2, 0.25) is 5.78 Å². The number of aliphatic imine (C=N–C) groups is 1. The van der Waals surface area contributed by atoms with Crippen molar-refractivity contribution in [2.75, 3.05) is 63.7 Å². The Morgan fingerprint density at radius 2 is 2.06 bits per heavy atom. The normalized spacial score (nSPS) is 20.4. The number of carbonyl (C=O) groups excluding carboxylic acids is 1. The summed E-state index contributed by atoms with van der Waals surface area (Å²) in [4.78, 5) is 20.1. The van der Waals surface area contributed by atoms with E-state index in [9.17, 15) is 15.0 Å². The van der Waals surface area contributed by atoms with E-state index in [-0.39, 0.29) is 12.4 Å². The molecule has 0 amide bonds. The number of nitrogens with zero attached hydrogens (tertiary/aromatic N) is 2. The summed E-state index contributed by atoms with van der Waals surface area (Å²) < 4.78 is 0. The number of nitrogens with one attached hydrogen (secondary N) is 2. The largest absolute Gasteiger partial charge is 0.395 e. The summed E-state index contributed by atoms with van der Waals surface area (Å²) in [5.41, 5.74) is 2.12. The summed E-state index contributed by atoms with van der Waals surface area (Å²) in [7, 11) is 1.90. The molecule has 35 heavy (non-hydrogen) atoms. The Labute approximate surface area is 215 Å². The van der Waals surface area contributed by atoms with E-state index in [1.165, 1.54) is 0 Å². The molecule has 7 nitrogen and oxygen atoms in total. The average Bonchev–Trinajstić information content (AvgIpc) is 2.80. The van der Waals surface area contributed by atoms with E-state index in [0.29, 0.717) is 57.3 Å². The van der Waals surface area contributed by atoms with Crippen LogP contribution in [-0.2, 0) is 4.79 Å². The highest BCUT2D eigenvalue weighted by Crippen LogP contribution is 2.29. The fourth-order valence-electron chi connectivity index (χ4n) is 4.45. The van der Waals surface area contributed by atoms with Gasteiger partial charge in [-0.15, -0.1) is 0 Å². The van der Waals surface area contributed by atoms with Gasteiger partial charge in [-0.05, 0) is 49.9 Å². The topological polar surface area (TPSA) is 97.2 Å². The number of rotatable bonds is 14. The first-order valence-electron chi connectivity index (χ1n) is 12.6. The van der Waals surface area contributed by atoms with Gasteiger partial charge < -0.3 is 25.7 Å². The third-order valence-corrected chi connectivity index (χ3v) is 6.68.